The molecule has 2 nitrogen and oxygen atoms in total. The predicted molar refractivity (Wildman–Crippen MR) is 45.6 cm³/mol. The van der Waals surface area contributed by atoms with Crippen LogP contribution >= 0.6 is 0 Å². The molecule has 0 radical (unpaired) electrons. The Morgan fingerprint density at radius 3 is 2.92 bits per heavy atom. The van der Waals surface area contributed by atoms with Crippen molar-refractivity contribution >= 4 is 12.6 Å². The standard InChI is InChI=1S/C8H10BFO2/c1-2-6-3-4-7(9(11)12)5-8(6)10/h3-5,11-12H,2H2,1H3/i1D3,2D2. The van der Waals surface area contributed by atoms with Gasteiger partial charge in [0.2, 0.25) is 0 Å². The van der Waals surface area contributed by atoms with Gasteiger partial charge in [-0.15, -0.1) is 0 Å². The molecule has 2 N–H and O–H groups in total. The fourth-order valence-corrected chi connectivity index (χ4v) is 0.793. The Morgan fingerprint density at radius 1 is 1.67 bits per heavy atom. The van der Waals surface area contributed by atoms with Gasteiger partial charge in [-0.3, -0.25) is 0 Å². The van der Waals surface area contributed by atoms with Crippen molar-refractivity contribution in [1.82, 2.24) is 0 Å². The van der Waals surface area contributed by atoms with Crippen LogP contribution in [0.25, 0.3) is 0 Å². The molecule has 64 valence electrons. The van der Waals surface area contributed by atoms with Gasteiger partial charge in [-0.25, -0.2) is 4.39 Å². The Morgan fingerprint density at radius 2 is 2.42 bits per heavy atom. The van der Waals surface area contributed by atoms with E-state index in [4.69, 9.17) is 16.9 Å². The van der Waals surface area contributed by atoms with E-state index in [2.05, 4.69) is 0 Å². The molecule has 0 atom stereocenters. The summed E-state index contributed by atoms with van der Waals surface area (Å²) in [7, 11) is -1.89. The molecule has 0 fully saturated rings. The van der Waals surface area contributed by atoms with E-state index in [0.717, 1.165) is 12.1 Å². The number of halogens is 1. The van der Waals surface area contributed by atoms with Crippen LogP contribution in [0.15, 0.2) is 18.2 Å². The van der Waals surface area contributed by atoms with Gasteiger partial charge < -0.3 is 10.0 Å². The highest BCUT2D eigenvalue weighted by Crippen LogP contribution is 2.05. The molecule has 0 aliphatic rings. The molecule has 0 saturated carbocycles. The lowest BCUT2D eigenvalue weighted by Crippen LogP contribution is -2.30. The highest BCUT2D eigenvalue weighted by molar-refractivity contribution is 6.58. The number of hydrogen-bond donors (Lipinski definition) is 2. The summed E-state index contributed by atoms with van der Waals surface area (Å²) in [6.45, 7) is -3.01. The van der Waals surface area contributed by atoms with Crippen molar-refractivity contribution in [2.45, 2.75) is 13.2 Å². The summed E-state index contributed by atoms with van der Waals surface area (Å²) in [5, 5.41) is 17.6. The summed E-state index contributed by atoms with van der Waals surface area (Å²) in [5.41, 5.74) is -0.811. The van der Waals surface area contributed by atoms with Crippen molar-refractivity contribution in [3.63, 3.8) is 0 Å². The van der Waals surface area contributed by atoms with Crippen LogP contribution in [-0.4, -0.2) is 17.2 Å². The van der Waals surface area contributed by atoms with E-state index >= 15 is 0 Å². The smallest absolute Gasteiger partial charge is 0.423 e. The third-order valence-corrected chi connectivity index (χ3v) is 1.43. The van der Waals surface area contributed by atoms with Gasteiger partial charge in [0.25, 0.3) is 0 Å². The van der Waals surface area contributed by atoms with Crippen molar-refractivity contribution in [1.29, 1.82) is 0 Å². The molecule has 0 unspecified atom stereocenters. The Balaban J connectivity index is 3.26. The molecular formula is C8H10BFO2. The average Bonchev–Trinajstić information content (AvgIpc) is 2.15. The van der Waals surface area contributed by atoms with Crippen molar-refractivity contribution in [3.8, 4) is 0 Å². The number of hydrogen-bond acceptors (Lipinski definition) is 2. The van der Waals surface area contributed by atoms with E-state index in [1.807, 2.05) is 0 Å². The fourth-order valence-electron chi connectivity index (χ4n) is 0.793. The van der Waals surface area contributed by atoms with Crippen LogP contribution in [0.2, 0.25) is 0 Å². The molecule has 1 aromatic carbocycles. The van der Waals surface area contributed by atoms with Gasteiger partial charge >= 0.3 is 7.12 Å². The maximum atomic E-state index is 13.5. The number of rotatable bonds is 2. The van der Waals surface area contributed by atoms with E-state index in [0.29, 0.717) is 6.07 Å². The Hall–Kier alpha value is -0.865. The van der Waals surface area contributed by atoms with Crippen LogP contribution in [-0.2, 0) is 6.37 Å². The van der Waals surface area contributed by atoms with Gasteiger partial charge in [0.05, 0.1) is 0 Å². The van der Waals surface area contributed by atoms with Gasteiger partial charge in [-0.1, -0.05) is 19.0 Å². The Labute approximate surface area is 77.8 Å². The molecule has 1 aromatic rings. The van der Waals surface area contributed by atoms with Crippen LogP contribution < -0.4 is 5.46 Å². The second kappa shape index (κ2) is 3.69. The van der Waals surface area contributed by atoms with E-state index in [9.17, 15) is 4.39 Å². The lowest BCUT2D eigenvalue weighted by molar-refractivity contribution is 0.425. The first-order valence-electron chi connectivity index (χ1n) is 5.73. The van der Waals surface area contributed by atoms with Gasteiger partial charge in [0.1, 0.15) is 5.82 Å². The van der Waals surface area contributed by atoms with Crippen molar-refractivity contribution < 1.29 is 21.3 Å². The molecule has 0 bridgehead atoms. The minimum Gasteiger partial charge on any atom is -0.423 e. The van der Waals surface area contributed by atoms with Gasteiger partial charge in [0.15, 0.2) is 0 Å². The first-order chi connectivity index (χ1) is 7.57. The zero-order valence-electron chi connectivity index (χ0n) is 11.1. The summed E-state index contributed by atoms with van der Waals surface area (Å²) in [5.74, 6) is -1.13. The lowest BCUT2D eigenvalue weighted by Gasteiger charge is -2.02. The van der Waals surface area contributed by atoms with Crippen LogP contribution in [0.3, 0.4) is 0 Å². The van der Waals surface area contributed by atoms with Crippen molar-refractivity contribution in [2.24, 2.45) is 0 Å². The molecule has 0 amide bonds. The minimum absolute atomic E-state index is 0.174. The van der Waals surface area contributed by atoms with Crippen LogP contribution in [0, 0.1) is 5.82 Å². The number of aryl methyl sites for hydroxylation is 1. The fraction of sp³-hybridized carbons (Fsp3) is 0.250. The van der Waals surface area contributed by atoms with Gasteiger partial charge in [-0.05, 0) is 23.5 Å². The molecule has 0 aliphatic carbocycles. The zero-order valence-corrected chi connectivity index (χ0v) is 6.08. The summed E-state index contributed by atoms with van der Waals surface area (Å²) in [4.78, 5) is 0. The minimum atomic E-state index is -3.01. The average molecular weight is 173 g/mol. The molecule has 12 heavy (non-hydrogen) atoms. The Kier molecular flexibility index (Phi) is 1.35. The first kappa shape index (κ1) is 4.39. The topological polar surface area (TPSA) is 40.5 Å². The molecule has 0 aromatic heterocycles. The first-order valence-corrected chi connectivity index (χ1v) is 3.23. The molecule has 1 rings (SSSR count). The molecular weight excluding hydrogens is 158 g/mol. The highest BCUT2D eigenvalue weighted by atomic mass is 19.1. The highest BCUT2D eigenvalue weighted by Gasteiger charge is 2.12. The Bertz CT molecular complexity index is 421. The van der Waals surface area contributed by atoms with Gasteiger partial charge in [-0.2, -0.15) is 0 Å². The predicted octanol–water partition coefficient (Wildman–Crippen LogP) is 0.0679. The summed E-state index contributed by atoms with van der Waals surface area (Å²) in [6, 6.07) is 2.66. The van der Waals surface area contributed by atoms with Crippen molar-refractivity contribution in [3.05, 3.63) is 29.6 Å². The van der Waals surface area contributed by atoms with E-state index in [1.54, 1.807) is 0 Å². The third-order valence-electron chi connectivity index (χ3n) is 1.43. The second-order valence-corrected chi connectivity index (χ2v) is 2.24. The zero-order chi connectivity index (χ0) is 13.4. The third kappa shape index (κ3) is 1.84. The maximum absolute atomic E-state index is 13.5. The SMILES string of the molecule is [2H]C([2H])([2H])C([2H])([2H])c1ccc(B(O)O)cc1F. The quantitative estimate of drug-likeness (QED) is 0.621. The molecule has 0 saturated heterocycles. The number of benzene rings is 1. The summed E-state index contributed by atoms with van der Waals surface area (Å²) < 4.78 is 49.3. The lowest BCUT2D eigenvalue weighted by atomic mass is 9.80. The molecule has 4 heteroatoms. The van der Waals surface area contributed by atoms with E-state index < -0.39 is 31.7 Å². The van der Waals surface area contributed by atoms with E-state index in [1.165, 1.54) is 0 Å². The maximum Gasteiger partial charge on any atom is 0.488 e. The van der Waals surface area contributed by atoms with Gasteiger partial charge in [0, 0.05) is 6.85 Å². The van der Waals surface area contributed by atoms with Crippen LogP contribution in [0.5, 0.6) is 0 Å². The van der Waals surface area contributed by atoms with Crippen LogP contribution in [0.4, 0.5) is 4.39 Å². The van der Waals surface area contributed by atoms with E-state index in [-0.39, 0.29) is 5.46 Å². The van der Waals surface area contributed by atoms with Crippen LogP contribution in [0.1, 0.15) is 19.3 Å². The summed E-state index contributed by atoms with van der Waals surface area (Å²) >= 11 is 0. The molecule has 0 spiro atoms. The van der Waals surface area contributed by atoms with Crippen molar-refractivity contribution in [2.75, 3.05) is 0 Å². The monoisotopic (exact) mass is 173 g/mol. The largest absolute Gasteiger partial charge is 0.488 e. The summed E-state index contributed by atoms with van der Waals surface area (Å²) in [6.07, 6.45) is -2.84. The second-order valence-electron chi connectivity index (χ2n) is 2.24. The molecule has 0 heterocycles. The normalized spacial score (nSPS) is 18.4. The molecule has 0 aliphatic heterocycles.